The highest BCUT2D eigenvalue weighted by molar-refractivity contribution is 7.89. The molecule has 2 heterocycles. The van der Waals surface area contributed by atoms with Gasteiger partial charge in [0.05, 0.1) is 24.5 Å². The van der Waals surface area contributed by atoms with Crippen LogP contribution in [0.15, 0.2) is 23.2 Å². The minimum atomic E-state index is -3.68. The third-order valence-electron chi connectivity index (χ3n) is 3.12. The third-order valence-corrected chi connectivity index (χ3v) is 5.15. The summed E-state index contributed by atoms with van der Waals surface area (Å²) in [4.78, 5) is 4.12. The number of nitrogens with two attached hydrogens (primary N) is 1. The zero-order valence-corrected chi connectivity index (χ0v) is 13.1. The number of nitrogens with zero attached hydrogens (tertiary/aromatic N) is 2. The second-order valence-corrected chi connectivity index (χ2v) is 7.19. The van der Waals surface area contributed by atoms with Crippen molar-refractivity contribution in [2.75, 3.05) is 19.7 Å². The molecule has 21 heavy (non-hydrogen) atoms. The van der Waals surface area contributed by atoms with Gasteiger partial charge in [-0.25, -0.2) is 8.42 Å². The molecule has 9 heteroatoms. The Balaban J connectivity index is 2.26. The molecular formula is C12H17N3O4S2. The monoisotopic (exact) mass is 331 g/mol. The van der Waals surface area contributed by atoms with Gasteiger partial charge in [-0.05, 0) is 19.1 Å². The van der Waals surface area contributed by atoms with Crippen molar-refractivity contribution < 1.29 is 18.3 Å². The lowest BCUT2D eigenvalue weighted by Crippen LogP contribution is -2.50. The number of thiocarbonyl (C=S) groups is 1. The minimum absolute atomic E-state index is 0.0632. The highest BCUT2D eigenvalue weighted by atomic mass is 32.2. The fourth-order valence-corrected chi connectivity index (χ4v) is 3.74. The van der Waals surface area contributed by atoms with Gasteiger partial charge in [0.15, 0.2) is 0 Å². The lowest BCUT2D eigenvalue weighted by Gasteiger charge is -2.35. The zero-order valence-electron chi connectivity index (χ0n) is 11.5. The van der Waals surface area contributed by atoms with Gasteiger partial charge in [-0.1, -0.05) is 12.2 Å². The molecule has 1 aliphatic heterocycles. The van der Waals surface area contributed by atoms with E-state index in [2.05, 4.69) is 4.98 Å². The summed E-state index contributed by atoms with van der Waals surface area (Å²) in [7, 11) is -3.68. The first-order valence-electron chi connectivity index (χ1n) is 6.37. The van der Waals surface area contributed by atoms with E-state index in [1.807, 2.05) is 0 Å². The molecule has 1 fully saturated rings. The first-order valence-corrected chi connectivity index (χ1v) is 8.21. The Hall–Kier alpha value is -1.13. The van der Waals surface area contributed by atoms with Crippen LogP contribution in [0.2, 0.25) is 0 Å². The molecule has 0 amide bonds. The van der Waals surface area contributed by atoms with Crippen molar-refractivity contribution in [2.24, 2.45) is 5.73 Å². The fraction of sp³-hybridized carbons (Fsp3) is 0.500. The Bertz CT molecular complexity index is 618. The van der Waals surface area contributed by atoms with Gasteiger partial charge in [0, 0.05) is 19.3 Å². The Morgan fingerprint density at radius 3 is 2.81 bits per heavy atom. The van der Waals surface area contributed by atoms with Crippen LogP contribution in [0.4, 0.5) is 0 Å². The van der Waals surface area contributed by atoms with E-state index in [1.54, 1.807) is 6.92 Å². The molecule has 3 N–H and O–H groups in total. The largest absolute Gasteiger partial charge is 0.394 e. The van der Waals surface area contributed by atoms with Gasteiger partial charge in [-0.2, -0.15) is 4.31 Å². The predicted molar refractivity (Wildman–Crippen MR) is 80.3 cm³/mol. The van der Waals surface area contributed by atoms with Crippen molar-refractivity contribution in [3.8, 4) is 0 Å². The molecule has 0 spiro atoms. The molecule has 0 aromatic carbocycles. The van der Waals surface area contributed by atoms with Crippen LogP contribution in [0.5, 0.6) is 0 Å². The first kappa shape index (κ1) is 16.2. The molecule has 2 atom stereocenters. The summed E-state index contributed by atoms with van der Waals surface area (Å²) in [6.45, 7) is 1.88. The summed E-state index contributed by atoms with van der Waals surface area (Å²) in [5.41, 5.74) is 5.80. The molecule has 2 unspecified atom stereocenters. The third kappa shape index (κ3) is 3.55. The van der Waals surface area contributed by atoms with Crippen molar-refractivity contribution in [3.05, 3.63) is 24.0 Å². The van der Waals surface area contributed by atoms with Crippen molar-refractivity contribution in [2.45, 2.75) is 24.0 Å². The van der Waals surface area contributed by atoms with Gasteiger partial charge in [0.2, 0.25) is 10.0 Å². The maximum atomic E-state index is 12.6. The topological polar surface area (TPSA) is 106 Å². The van der Waals surface area contributed by atoms with E-state index in [4.69, 9.17) is 22.7 Å². The van der Waals surface area contributed by atoms with Crippen LogP contribution in [-0.4, -0.2) is 59.7 Å². The molecule has 0 saturated carbocycles. The van der Waals surface area contributed by atoms with Gasteiger partial charge < -0.3 is 15.6 Å². The number of ether oxygens (including phenoxy) is 1. The lowest BCUT2D eigenvalue weighted by atomic mass is 10.2. The fourth-order valence-electron chi connectivity index (χ4n) is 2.13. The number of morpholine rings is 1. The molecule has 0 radical (unpaired) electrons. The zero-order chi connectivity index (χ0) is 15.6. The smallest absolute Gasteiger partial charge is 0.244 e. The van der Waals surface area contributed by atoms with Crippen molar-refractivity contribution in [1.82, 2.24) is 9.29 Å². The van der Waals surface area contributed by atoms with E-state index >= 15 is 0 Å². The molecule has 0 aliphatic carbocycles. The van der Waals surface area contributed by atoms with Crippen molar-refractivity contribution in [1.29, 1.82) is 0 Å². The Kier molecular flexibility index (Phi) is 4.89. The van der Waals surface area contributed by atoms with E-state index in [1.165, 1.54) is 22.6 Å². The first-order chi connectivity index (χ1) is 9.84. The lowest BCUT2D eigenvalue weighted by molar-refractivity contribution is -0.0750. The molecule has 0 bridgehead atoms. The summed E-state index contributed by atoms with van der Waals surface area (Å²) in [6.07, 6.45) is 0.430. The summed E-state index contributed by atoms with van der Waals surface area (Å²) in [6, 6.07) is 2.90. The van der Waals surface area contributed by atoms with Crippen molar-refractivity contribution in [3.63, 3.8) is 0 Å². The second-order valence-electron chi connectivity index (χ2n) is 4.82. The molecule has 116 valence electrons. The molecule has 1 aromatic rings. The number of sulfonamides is 1. The average Bonchev–Trinajstić information content (AvgIpc) is 2.46. The summed E-state index contributed by atoms with van der Waals surface area (Å²) < 4.78 is 31.9. The Morgan fingerprint density at radius 2 is 2.29 bits per heavy atom. The van der Waals surface area contributed by atoms with Crippen LogP contribution >= 0.6 is 12.2 Å². The Morgan fingerprint density at radius 1 is 1.57 bits per heavy atom. The standard InChI is InChI=1S/C12H17N3O4S2/c1-8-5-15(6-9(7-16)19-8)21(17,18)10-2-3-11(12(13)20)14-4-10/h2-4,8-9,16H,5-7H2,1H3,(H2,13,20). The molecular weight excluding hydrogens is 314 g/mol. The van der Waals surface area contributed by atoms with Crippen LogP contribution < -0.4 is 5.73 Å². The van der Waals surface area contributed by atoms with Crippen LogP contribution in [0.25, 0.3) is 0 Å². The van der Waals surface area contributed by atoms with Crippen LogP contribution in [-0.2, 0) is 14.8 Å². The average molecular weight is 331 g/mol. The van der Waals surface area contributed by atoms with E-state index in [0.29, 0.717) is 5.69 Å². The number of aliphatic hydroxyl groups is 1. The summed E-state index contributed by atoms with van der Waals surface area (Å²) >= 11 is 4.78. The number of aromatic nitrogens is 1. The van der Waals surface area contributed by atoms with Gasteiger partial charge in [-0.3, -0.25) is 4.98 Å². The van der Waals surface area contributed by atoms with Crippen LogP contribution in [0, 0.1) is 0 Å². The number of aliphatic hydroxyl groups excluding tert-OH is 1. The van der Waals surface area contributed by atoms with Crippen LogP contribution in [0.3, 0.4) is 0 Å². The quantitative estimate of drug-likeness (QED) is 0.716. The summed E-state index contributed by atoms with van der Waals surface area (Å²) in [5.74, 6) is 0. The maximum Gasteiger partial charge on any atom is 0.244 e. The molecule has 1 aliphatic rings. The van der Waals surface area contributed by atoms with Crippen molar-refractivity contribution >= 4 is 27.2 Å². The minimum Gasteiger partial charge on any atom is -0.394 e. The normalized spacial score (nSPS) is 23.9. The molecule has 1 aromatic heterocycles. The maximum absolute atomic E-state index is 12.6. The molecule has 1 saturated heterocycles. The molecule has 7 nitrogen and oxygen atoms in total. The van der Waals surface area contributed by atoms with Crippen LogP contribution in [0.1, 0.15) is 12.6 Å². The van der Waals surface area contributed by atoms with Gasteiger partial charge in [-0.15, -0.1) is 0 Å². The number of hydrogen-bond donors (Lipinski definition) is 2. The van der Waals surface area contributed by atoms with E-state index in [9.17, 15) is 13.5 Å². The number of hydrogen-bond acceptors (Lipinski definition) is 6. The highest BCUT2D eigenvalue weighted by Gasteiger charge is 2.33. The van der Waals surface area contributed by atoms with E-state index < -0.39 is 16.1 Å². The number of pyridine rings is 1. The number of rotatable bonds is 4. The Labute approximate surface area is 128 Å². The van der Waals surface area contributed by atoms with Gasteiger partial charge in [0.25, 0.3) is 0 Å². The predicted octanol–water partition coefficient (Wildman–Crippen LogP) is -0.514. The molecule has 2 rings (SSSR count). The highest BCUT2D eigenvalue weighted by Crippen LogP contribution is 2.20. The summed E-state index contributed by atoms with van der Waals surface area (Å²) in [5, 5.41) is 9.17. The van der Waals surface area contributed by atoms with Gasteiger partial charge in [0.1, 0.15) is 9.88 Å². The van der Waals surface area contributed by atoms with E-state index in [0.717, 1.165) is 0 Å². The SMILES string of the molecule is CC1CN(S(=O)(=O)c2ccc(C(N)=S)nc2)CC(CO)O1. The second kappa shape index (κ2) is 6.32. The van der Waals surface area contributed by atoms with Gasteiger partial charge >= 0.3 is 0 Å². The van der Waals surface area contributed by atoms with E-state index in [-0.39, 0.29) is 35.7 Å².